The van der Waals surface area contributed by atoms with Gasteiger partial charge in [-0.15, -0.1) is 11.8 Å². The molecule has 4 saturated carbocycles. The van der Waals surface area contributed by atoms with E-state index >= 15 is 0 Å². The summed E-state index contributed by atoms with van der Waals surface area (Å²) in [4.78, 5) is 13.0. The minimum atomic E-state index is -0.195. The summed E-state index contributed by atoms with van der Waals surface area (Å²) in [6.45, 7) is 0. The molecule has 124 valence electrons. The first-order chi connectivity index (χ1) is 11.1. The Bertz CT molecular complexity index is 568. The van der Waals surface area contributed by atoms with Gasteiger partial charge in [-0.2, -0.15) is 0 Å². The average Bonchev–Trinajstić information content (AvgIpc) is 2.47. The predicted octanol–water partition coefficient (Wildman–Crippen LogP) is 4.39. The molecule has 1 aromatic rings. The molecule has 1 amide bonds. The lowest BCUT2D eigenvalue weighted by Gasteiger charge is -2.56. The van der Waals surface area contributed by atoms with E-state index in [4.69, 9.17) is 0 Å². The number of rotatable bonds is 5. The number of nitrogens with one attached hydrogen (secondary N) is 1. The van der Waals surface area contributed by atoms with Crippen molar-refractivity contribution in [3.05, 3.63) is 30.1 Å². The van der Waals surface area contributed by atoms with Crippen molar-refractivity contribution < 1.29 is 9.18 Å². The van der Waals surface area contributed by atoms with Gasteiger partial charge in [-0.05, 0) is 68.4 Å². The standard InChI is InChI=1S/C19H24FNOS/c20-16-3-1-2-4-17(16)23-6-5-18(22)21-19-10-13-7-14(11-19)9-15(8-13)12-19/h1-4,13-15H,5-12H2,(H,21,22). The Labute approximate surface area is 141 Å². The fourth-order valence-corrected chi connectivity index (χ4v) is 6.33. The van der Waals surface area contributed by atoms with E-state index in [2.05, 4.69) is 5.32 Å². The molecule has 5 rings (SSSR count). The molecular formula is C19H24FNOS. The normalized spacial score (nSPS) is 34.6. The van der Waals surface area contributed by atoms with E-state index in [1.54, 1.807) is 12.1 Å². The van der Waals surface area contributed by atoms with E-state index < -0.39 is 0 Å². The van der Waals surface area contributed by atoms with Crippen molar-refractivity contribution in [3.8, 4) is 0 Å². The van der Waals surface area contributed by atoms with Crippen LogP contribution in [0.4, 0.5) is 4.39 Å². The zero-order valence-electron chi connectivity index (χ0n) is 13.4. The summed E-state index contributed by atoms with van der Waals surface area (Å²) in [6, 6.07) is 6.77. The Hall–Kier alpha value is -1.03. The van der Waals surface area contributed by atoms with Crippen LogP contribution < -0.4 is 5.32 Å². The van der Waals surface area contributed by atoms with Gasteiger partial charge in [0.2, 0.25) is 5.91 Å². The van der Waals surface area contributed by atoms with Gasteiger partial charge in [0.25, 0.3) is 0 Å². The fourth-order valence-electron chi connectivity index (χ4n) is 5.44. The maximum Gasteiger partial charge on any atom is 0.221 e. The lowest BCUT2D eigenvalue weighted by atomic mass is 9.53. The average molecular weight is 333 g/mol. The van der Waals surface area contributed by atoms with Gasteiger partial charge in [-0.3, -0.25) is 4.79 Å². The molecule has 0 aliphatic heterocycles. The Balaban J connectivity index is 1.30. The second-order valence-electron chi connectivity index (χ2n) is 7.77. The highest BCUT2D eigenvalue weighted by atomic mass is 32.2. The van der Waals surface area contributed by atoms with Crippen LogP contribution in [0.1, 0.15) is 44.9 Å². The molecule has 4 aliphatic carbocycles. The molecule has 23 heavy (non-hydrogen) atoms. The largest absolute Gasteiger partial charge is 0.351 e. The number of carbonyl (C=O) groups excluding carboxylic acids is 1. The van der Waals surface area contributed by atoms with Gasteiger partial charge < -0.3 is 5.32 Å². The third-order valence-corrected chi connectivity index (χ3v) is 6.92. The van der Waals surface area contributed by atoms with Crippen LogP contribution in [0.25, 0.3) is 0 Å². The predicted molar refractivity (Wildman–Crippen MR) is 90.8 cm³/mol. The van der Waals surface area contributed by atoms with Gasteiger partial charge in [-0.1, -0.05) is 12.1 Å². The summed E-state index contributed by atoms with van der Waals surface area (Å²) in [5, 5.41) is 3.38. The number of amides is 1. The van der Waals surface area contributed by atoms with E-state index in [0.29, 0.717) is 17.1 Å². The van der Waals surface area contributed by atoms with E-state index in [1.807, 2.05) is 6.07 Å². The first kappa shape index (κ1) is 15.5. The monoisotopic (exact) mass is 333 g/mol. The van der Waals surface area contributed by atoms with E-state index in [1.165, 1.54) is 56.4 Å². The van der Waals surface area contributed by atoms with Gasteiger partial charge in [0.15, 0.2) is 0 Å². The molecule has 4 heteroatoms. The van der Waals surface area contributed by atoms with Gasteiger partial charge in [0.1, 0.15) is 5.82 Å². The molecule has 0 atom stereocenters. The Kier molecular flexibility index (Phi) is 4.12. The minimum absolute atomic E-state index is 0.0918. The van der Waals surface area contributed by atoms with Gasteiger partial charge in [0.05, 0.1) is 0 Å². The second-order valence-corrected chi connectivity index (χ2v) is 8.91. The third-order valence-electron chi connectivity index (χ3n) is 5.87. The summed E-state index contributed by atoms with van der Waals surface area (Å²) in [6.07, 6.45) is 8.19. The number of thioether (sulfide) groups is 1. The van der Waals surface area contributed by atoms with Crippen LogP contribution in [-0.4, -0.2) is 17.2 Å². The van der Waals surface area contributed by atoms with Crippen LogP contribution in [0.5, 0.6) is 0 Å². The highest BCUT2D eigenvalue weighted by Gasteiger charge is 2.51. The summed E-state index contributed by atoms with van der Waals surface area (Å²) in [7, 11) is 0. The number of hydrogen-bond acceptors (Lipinski definition) is 2. The third kappa shape index (κ3) is 3.28. The Morgan fingerprint density at radius 1 is 1.13 bits per heavy atom. The smallest absolute Gasteiger partial charge is 0.221 e. The molecule has 0 spiro atoms. The van der Waals surface area contributed by atoms with Crippen LogP contribution in [0.15, 0.2) is 29.2 Å². The summed E-state index contributed by atoms with van der Waals surface area (Å²) < 4.78 is 13.6. The Morgan fingerprint density at radius 2 is 1.74 bits per heavy atom. The molecular weight excluding hydrogens is 309 g/mol. The van der Waals surface area contributed by atoms with Crippen LogP contribution in [-0.2, 0) is 4.79 Å². The highest BCUT2D eigenvalue weighted by Crippen LogP contribution is 2.55. The topological polar surface area (TPSA) is 29.1 Å². The van der Waals surface area contributed by atoms with Crippen molar-refractivity contribution in [2.24, 2.45) is 17.8 Å². The first-order valence-electron chi connectivity index (χ1n) is 8.80. The van der Waals surface area contributed by atoms with Crippen molar-refractivity contribution in [2.45, 2.75) is 55.4 Å². The van der Waals surface area contributed by atoms with Gasteiger partial charge >= 0.3 is 0 Å². The number of hydrogen-bond donors (Lipinski definition) is 1. The number of carbonyl (C=O) groups is 1. The fraction of sp³-hybridized carbons (Fsp3) is 0.632. The SMILES string of the molecule is O=C(CCSc1ccccc1F)NC12CC3CC(CC(C3)C1)C2. The van der Waals surface area contributed by atoms with Gasteiger partial charge in [0, 0.05) is 22.6 Å². The summed E-state index contributed by atoms with van der Waals surface area (Å²) in [5.41, 5.74) is 0.0918. The zero-order valence-corrected chi connectivity index (χ0v) is 14.2. The van der Waals surface area contributed by atoms with Crippen LogP contribution >= 0.6 is 11.8 Å². The zero-order chi connectivity index (χ0) is 15.9. The van der Waals surface area contributed by atoms with E-state index in [0.717, 1.165) is 17.8 Å². The minimum Gasteiger partial charge on any atom is -0.351 e. The summed E-state index contributed by atoms with van der Waals surface area (Å²) >= 11 is 1.43. The molecule has 0 aromatic heterocycles. The molecule has 0 radical (unpaired) electrons. The highest BCUT2D eigenvalue weighted by molar-refractivity contribution is 7.99. The lowest BCUT2D eigenvalue weighted by Crippen LogP contribution is -2.59. The van der Waals surface area contributed by atoms with Crippen molar-refractivity contribution in [2.75, 3.05) is 5.75 Å². The Morgan fingerprint density at radius 3 is 2.35 bits per heavy atom. The van der Waals surface area contributed by atoms with Gasteiger partial charge in [-0.25, -0.2) is 4.39 Å². The van der Waals surface area contributed by atoms with Crippen LogP contribution in [0, 0.1) is 23.6 Å². The van der Waals surface area contributed by atoms with Crippen molar-refractivity contribution in [1.29, 1.82) is 0 Å². The molecule has 4 bridgehead atoms. The first-order valence-corrected chi connectivity index (χ1v) is 9.79. The van der Waals surface area contributed by atoms with Crippen molar-refractivity contribution in [3.63, 3.8) is 0 Å². The van der Waals surface area contributed by atoms with Crippen LogP contribution in [0.3, 0.4) is 0 Å². The molecule has 1 aromatic carbocycles. The number of benzene rings is 1. The molecule has 0 heterocycles. The quantitative estimate of drug-likeness (QED) is 0.810. The molecule has 0 saturated heterocycles. The lowest BCUT2D eigenvalue weighted by molar-refractivity contribution is -0.126. The van der Waals surface area contributed by atoms with Crippen molar-refractivity contribution >= 4 is 17.7 Å². The number of halogens is 1. The second kappa shape index (κ2) is 6.12. The maximum absolute atomic E-state index is 13.6. The molecule has 4 fully saturated rings. The van der Waals surface area contributed by atoms with Crippen molar-refractivity contribution in [1.82, 2.24) is 5.32 Å². The van der Waals surface area contributed by atoms with Crippen LogP contribution in [0.2, 0.25) is 0 Å². The molecule has 1 N–H and O–H groups in total. The van der Waals surface area contributed by atoms with E-state index in [9.17, 15) is 9.18 Å². The summed E-state index contributed by atoms with van der Waals surface area (Å²) in [5.74, 6) is 3.12. The molecule has 0 unspecified atom stereocenters. The molecule has 2 nitrogen and oxygen atoms in total. The maximum atomic E-state index is 13.6. The van der Waals surface area contributed by atoms with E-state index in [-0.39, 0.29) is 17.3 Å². The molecule has 4 aliphatic rings.